The van der Waals surface area contributed by atoms with Crippen molar-refractivity contribution in [1.82, 2.24) is 21.3 Å². The van der Waals surface area contributed by atoms with Crippen molar-refractivity contribution in [2.75, 3.05) is 26.2 Å². The van der Waals surface area contributed by atoms with Gasteiger partial charge < -0.3 is 21.3 Å². The molecule has 62 heavy (non-hydrogen) atoms. The fourth-order valence-corrected chi connectivity index (χ4v) is 11.4. The van der Waals surface area contributed by atoms with Gasteiger partial charge in [0.15, 0.2) is 21.7 Å². The van der Waals surface area contributed by atoms with Crippen molar-refractivity contribution in [3.8, 4) is 0 Å². The number of carbonyl (C=O) groups excluding carboxylic acids is 4. The molecular weight excluding hydrogens is 833 g/mol. The van der Waals surface area contributed by atoms with E-state index < -0.39 is 10.1 Å². The molecule has 2 aromatic rings. The number of carbonyl (C=O) groups is 4. The van der Waals surface area contributed by atoms with Gasteiger partial charge in [-0.2, -0.15) is 0 Å². The number of ketones is 2. The Bertz CT molecular complexity index is 1950. The van der Waals surface area contributed by atoms with Gasteiger partial charge >= 0.3 is 0 Å². The average molecular weight is 893 g/mol. The van der Waals surface area contributed by atoms with E-state index in [2.05, 4.69) is 31.5 Å². The molecule has 0 aromatic carbocycles. The van der Waals surface area contributed by atoms with Gasteiger partial charge in [0, 0.05) is 83.2 Å². The van der Waals surface area contributed by atoms with E-state index in [1.807, 2.05) is 13.8 Å². The molecule has 2 amide bonds. The molecule has 4 fully saturated rings. The predicted molar refractivity (Wildman–Crippen MR) is 238 cm³/mol. The standard InChI is InChI=1S/2C22H30N4O4S/c2*1-2-23-20(25-26(29)30)10-14-5-8-18-16(9-14)21(22(28)24-12-13-3-4-13)19(31-18)11-17(27)15-6-7-15/h2*13-15H,2-12H2,1H3,(H,23,25)(H,24,28)/t2*14-/m10/s1. The molecule has 0 aliphatic heterocycles. The Kier molecular flexibility index (Phi) is 15.2. The van der Waals surface area contributed by atoms with Crippen LogP contribution in [-0.4, -0.2) is 71.3 Å². The topological polar surface area (TPSA) is 227 Å². The number of nitrogens with zero attached hydrogens (tertiary/aromatic N) is 4. The first-order valence-electron chi connectivity index (χ1n) is 22.7. The van der Waals surface area contributed by atoms with E-state index in [9.17, 15) is 39.4 Å². The van der Waals surface area contributed by atoms with Crippen LogP contribution in [0.25, 0.3) is 0 Å². The lowest BCUT2D eigenvalue weighted by atomic mass is 9.83. The second-order valence-corrected chi connectivity index (χ2v) is 20.4. The largest absolute Gasteiger partial charge is 0.369 e. The zero-order chi connectivity index (χ0) is 43.9. The third-order valence-corrected chi connectivity index (χ3v) is 15.3. The molecule has 4 saturated carbocycles. The second kappa shape index (κ2) is 20.7. The summed E-state index contributed by atoms with van der Waals surface area (Å²) in [6.07, 6.45) is 15.1. The van der Waals surface area contributed by atoms with E-state index in [1.165, 1.54) is 35.4 Å². The summed E-state index contributed by atoms with van der Waals surface area (Å²) in [7, 11) is 0. The average Bonchev–Trinajstić information content (AvgIpc) is 4.00. The Morgan fingerprint density at radius 1 is 0.581 bits per heavy atom. The molecule has 18 heteroatoms. The van der Waals surface area contributed by atoms with Crippen molar-refractivity contribution in [1.29, 1.82) is 0 Å². The number of hydrogen-bond acceptors (Lipinski definition) is 10. The fourth-order valence-electron chi connectivity index (χ4n) is 8.71. The monoisotopic (exact) mass is 892 g/mol. The number of Topliss-reactive ketones (excluding diaryl/α,β-unsaturated/α-hetero) is 2. The van der Waals surface area contributed by atoms with Crippen molar-refractivity contribution in [2.24, 2.45) is 45.7 Å². The summed E-state index contributed by atoms with van der Waals surface area (Å²) in [5.74, 6) is 3.05. The highest BCUT2D eigenvalue weighted by Gasteiger charge is 2.37. The molecule has 2 heterocycles. The van der Waals surface area contributed by atoms with E-state index in [0.717, 1.165) is 72.2 Å². The van der Waals surface area contributed by atoms with Gasteiger partial charge in [-0.1, -0.05) is 0 Å². The Balaban J connectivity index is 0.000000186. The number of nitrogens with one attached hydrogen (secondary N) is 4. The van der Waals surface area contributed by atoms with E-state index >= 15 is 0 Å². The van der Waals surface area contributed by atoms with Gasteiger partial charge in [-0.3, -0.25) is 19.2 Å². The lowest BCUT2D eigenvalue weighted by molar-refractivity contribution is -0.485. The van der Waals surface area contributed by atoms with Crippen molar-refractivity contribution in [2.45, 2.75) is 129 Å². The minimum absolute atomic E-state index is 0.0606. The third-order valence-electron chi connectivity index (χ3n) is 12.7. The molecular formula is C44H60N8O8S2. The third kappa shape index (κ3) is 12.8. The number of hydrazone groups is 2. The van der Waals surface area contributed by atoms with Crippen LogP contribution in [0, 0.1) is 55.7 Å². The quantitative estimate of drug-likeness (QED) is 0.0509. The molecule has 16 nitrogen and oxygen atoms in total. The molecule has 6 aliphatic carbocycles. The zero-order valence-electron chi connectivity index (χ0n) is 35.9. The maximum Gasteiger partial charge on any atom is 0.252 e. The first kappa shape index (κ1) is 45.4. The van der Waals surface area contributed by atoms with Gasteiger partial charge in [0.25, 0.3) is 11.8 Å². The van der Waals surface area contributed by atoms with Crippen LogP contribution in [0.4, 0.5) is 0 Å². The van der Waals surface area contributed by atoms with Crippen LogP contribution in [-0.2, 0) is 48.1 Å². The van der Waals surface area contributed by atoms with Gasteiger partial charge in [-0.25, -0.2) is 20.2 Å². The maximum absolute atomic E-state index is 13.1. The summed E-state index contributed by atoms with van der Waals surface area (Å²) in [5, 5.41) is 39.6. The molecule has 0 unspecified atom stereocenters. The summed E-state index contributed by atoms with van der Waals surface area (Å²) < 4.78 is 0. The van der Waals surface area contributed by atoms with Gasteiger partial charge in [0.05, 0.1) is 21.3 Å². The predicted octanol–water partition coefficient (Wildman–Crippen LogP) is 6.21. The molecule has 0 radical (unpaired) electrons. The molecule has 336 valence electrons. The number of aryl methyl sites for hydroxylation is 2. The Labute approximate surface area is 370 Å². The second-order valence-electron chi connectivity index (χ2n) is 18.0. The Morgan fingerprint density at radius 3 is 1.29 bits per heavy atom. The normalized spacial score (nSPS) is 20.8. The summed E-state index contributed by atoms with van der Waals surface area (Å²) >= 11 is 3.24. The van der Waals surface area contributed by atoms with Crippen LogP contribution in [0.2, 0.25) is 0 Å². The highest BCUT2D eigenvalue weighted by atomic mass is 32.1. The number of amides is 2. The van der Waals surface area contributed by atoms with Crippen molar-refractivity contribution in [3.63, 3.8) is 0 Å². The maximum atomic E-state index is 13.1. The van der Waals surface area contributed by atoms with E-state index in [4.69, 9.17) is 0 Å². The summed E-state index contributed by atoms with van der Waals surface area (Å²) in [4.78, 5) is 77.2. The van der Waals surface area contributed by atoms with Crippen LogP contribution in [0.5, 0.6) is 0 Å². The highest BCUT2D eigenvalue weighted by molar-refractivity contribution is 7.13. The van der Waals surface area contributed by atoms with Gasteiger partial charge in [-0.05, 0) is 139 Å². The molecule has 2 aromatic heterocycles. The van der Waals surface area contributed by atoms with Crippen LogP contribution >= 0.6 is 22.7 Å². The Morgan fingerprint density at radius 2 is 0.968 bits per heavy atom. The van der Waals surface area contributed by atoms with Crippen molar-refractivity contribution in [3.05, 3.63) is 62.0 Å². The molecule has 6 aliphatic rings. The molecule has 0 saturated heterocycles. The van der Waals surface area contributed by atoms with Crippen LogP contribution in [0.1, 0.15) is 142 Å². The molecule has 0 bridgehead atoms. The molecule has 4 N–H and O–H groups in total. The summed E-state index contributed by atoms with van der Waals surface area (Å²) in [6.45, 7) is 6.32. The number of thiophene rings is 2. The van der Waals surface area contributed by atoms with Crippen LogP contribution < -0.4 is 21.3 Å². The van der Waals surface area contributed by atoms with Gasteiger partial charge in [0.1, 0.15) is 11.6 Å². The summed E-state index contributed by atoms with van der Waals surface area (Å²) in [5.41, 5.74) is 3.50. The molecule has 0 spiro atoms. The SMILES string of the molecule is CCNC(C[C@@H]1CCc2sc(CC(=O)C3CC3)c(C(=O)NCC3CC3)c2C1)=N[N+](=O)[O-].CCNC(C[C@H]1CCc2sc(CC(=O)C3CC3)c(C(=O)NCC3CC3)c2C1)=N[N+](=O)[O-]. The first-order valence-corrected chi connectivity index (χ1v) is 24.3. The lowest BCUT2D eigenvalue weighted by Gasteiger charge is -2.23. The van der Waals surface area contributed by atoms with Crippen molar-refractivity contribution < 1.29 is 29.2 Å². The van der Waals surface area contributed by atoms with Crippen molar-refractivity contribution >= 4 is 57.7 Å². The number of amidine groups is 2. The van der Waals surface area contributed by atoms with Gasteiger partial charge in [0.2, 0.25) is 0 Å². The molecule has 2 atom stereocenters. The number of rotatable bonds is 20. The number of hydrogen-bond donors (Lipinski definition) is 4. The summed E-state index contributed by atoms with van der Waals surface area (Å²) in [6, 6.07) is 0. The number of fused-ring (bicyclic) bond motifs is 2. The lowest BCUT2D eigenvalue weighted by Crippen LogP contribution is -2.30. The fraction of sp³-hybridized carbons (Fsp3) is 0.682. The zero-order valence-corrected chi connectivity index (χ0v) is 37.5. The number of nitro groups is 2. The smallest absolute Gasteiger partial charge is 0.252 e. The van der Waals surface area contributed by atoms with E-state index in [1.54, 1.807) is 22.7 Å². The van der Waals surface area contributed by atoms with E-state index in [0.29, 0.717) is 99.3 Å². The first-order chi connectivity index (χ1) is 29.9. The van der Waals surface area contributed by atoms with E-state index in [-0.39, 0.29) is 47.1 Å². The minimum atomic E-state index is -0.658. The minimum Gasteiger partial charge on any atom is -0.369 e. The van der Waals surface area contributed by atoms with Gasteiger partial charge in [-0.15, -0.1) is 22.7 Å². The van der Waals surface area contributed by atoms with Crippen LogP contribution in [0.15, 0.2) is 10.2 Å². The molecule has 8 rings (SSSR count). The highest BCUT2D eigenvalue weighted by Crippen LogP contribution is 2.42. The Hall–Kier alpha value is -4.58. The van der Waals surface area contributed by atoms with Crippen LogP contribution in [0.3, 0.4) is 0 Å².